The molecule has 0 spiro atoms. The summed E-state index contributed by atoms with van der Waals surface area (Å²) in [6.45, 7) is 6.76. The van der Waals surface area contributed by atoms with Crippen LogP contribution in [0.15, 0.2) is 18.2 Å². The van der Waals surface area contributed by atoms with Gasteiger partial charge < -0.3 is 36.0 Å². The molecule has 7 amide bonds. The molecule has 340 valence electrons. The summed E-state index contributed by atoms with van der Waals surface area (Å²) in [7, 11) is 2.78. The summed E-state index contributed by atoms with van der Waals surface area (Å²) < 4.78 is 43.4. The van der Waals surface area contributed by atoms with Crippen LogP contribution in [-0.2, 0) is 40.0 Å². The summed E-state index contributed by atoms with van der Waals surface area (Å²) in [5.41, 5.74) is -2.09. The van der Waals surface area contributed by atoms with Crippen LogP contribution in [0.25, 0.3) is 0 Å². The second-order valence-electron chi connectivity index (χ2n) is 17.1. The van der Waals surface area contributed by atoms with Crippen LogP contribution in [0.2, 0.25) is 10.0 Å². The fraction of sp³-hybridized carbons (Fsp3) is 0.690. The molecule has 3 aliphatic rings. The molecule has 61 heavy (non-hydrogen) atoms. The first-order valence-corrected chi connectivity index (χ1v) is 21.9. The highest BCUT2D eigenvalue weighted by atomic mass is 35.5. The van der Waals surface area contributed by atoms with Gasteiger partial charge in [0.25, 0.3) is 0 Å². The van der Waals surface area contributed by atoms with Crippen molar-refractivity contribution >= 4 is 64.6 Å². The fourth-order valence-electron chi connectivity index (χ4n) is 8.54. The molecule has 1 saturated carbocycles. The molecule has 0 aromatic heterocycles. The first-order chi connectivity index (χ1) is 28.6. The number of hydrogen-bond acceptors (Lipinski definition) is 7. The van der Waals surface area contributed by atoms with Gasteiger partial charge in [-0.15, -0.1) is 0 Å². The monoisotopic (exact) mass is 901 g/mol. The van der Waals surface area contributed by atoms with Crippen LogP contribution >= 0.6 is 23.2 Å². The quantitative estimate of drug-likeness (QED) is 0.282. The van der Waals surface area contributed by atoms with E-state index in [2.05, 4.69) is 21.3 Å². The number of alkyl halides is 3. The first-order valence-electron chi connectivity index (χ1n) is 21.1. The molecule has 0 radical (unpaired) electrons. The number of amides is 7. The van der Waals surface area contributed by atoms with Crippen molar-refractivity contribution in [3.05, 3.63) is 33.8 Å². The SMILES string of the molecule is CC(C)C[C@@H]1NC(=O)[C@@H](N(C)C(=O)[C@H](C)NC(=O)[C@@H]2CCCN2C(=O)C2(C(F)(F)F)CCCCC2)CCCCNC(=O)[C@@H](C)NC(=O)[C@H](Cc2cc(Cl)ccc2Cl)N(C)C1=O. The smallest absolute Gasteiger partial charge is 0.354 e. The highest BCUT2D eigenvalue weighted by molar-refractivity contribution is 6.33. The minimum absolute atomic E-state index is 0.0240. The van der Waals surface area contributed by atoms with Gasteiger partial charge in [0.2, 0.25) is 41.4 Å². The van der Waals surface area contributed by atoms with E-state index in [4.69, 9.17) is 23.2 Å². The number of nitrogens with zero attached hydrogens (tertiary/aromatic N) is 3. The number of halogens is 5. The third-order valence-electron chi connectivity index (χ3n) is 12.1. The van der Waals surface area contributed by atoms with Crippen LogP contribution < -0.4 is 21.3 Å². The standard InChI is InChI=1S/C42H60Cl2F3N7O7/c1-24(2)21-30-39(60)53(6)33(23-27-22-28(43)15-16-29(27)44)37(58)49-25(3)34(55)48-19-11-8-13-31(35(56)51-30)52(5)38(59)26(4)50-36(57)32-14-12-20-54(32)40(61)41(42(45,46)47)17-9-7-10-18-41/h15-16,22,24-26,30-33H,7-14,17-21,23H2,1-6H3,(H,48,55)(H,49,58)(H,50,57)(H,51,56)/t25-,26+,30+,31+,32+,33+/m1/s1. The van der Waals surface area contributed by atoms with Crippen LogP contribution in [0.3, 0.4) is 0 Å². The van der Waals surface area contributed by atoms with E-state index >= 15 is 0 Å². The van der Waals surface area contributed by atoms with Gasteiger partial charge in [-0.3, -0.25) is 33.6 Å². The van der Waals surface area contributed by atoms with Crippen molar-refractivity contribution in [2.24, 2.45) is 11.3 Å². The predicted octanol–water partition coefficient (Wildman–Crippen LogP) is 4.53. The van der Waals surface area contributed by atoms with E-state index in [0.29, 0.717) is 41.3 Å². The summed E-state index contributed by atoms with van der Waals surface area (Å²) in [5, 5.41) is 11.5. The minimum Gasteiger partial charge on any atom is -0.354 e. The van der Waals surface area contributed by atoms with Crippen molar-refractivity contribution in [1.82, 2.24) is 36.0 Å². The first kappa shape index (κ1) is 49.5. The Bertz CT molecular complexity index is 1790. The Hall–Kier alpha value is -4.12. The normalized spacial score (nSPS) is 25.3. The van der Waals surface area contributed by atoms with Crippen molar-refractivity contribution in [3.8, 4) is 0 Å². The van der Waals surface area contributed by atoms with Crippen LogP contribution in [0, 0.1) is 11.3 Å². The van der Waals surface area contributed by atoms with E-state index in [1.54, 1.807) is 18.2 Å². The maximum atomic E-state index is 14.5. The molecule has 2 aliphatic heterocycles. The molecular weight excluding hydrogens is 842 g/mol. The second kappa shape index (κ2) is 21.3. The molecule has 6 atom stereocenters. The molecule has 1 aromatic carbocycles. The number of benzene rings is 1. The van der Waals surface area contributed by atoms with E-state index in [0.717, 1.165) is 9.80 Å². The summed E-state index contributed by atoms with van der Waals surface area (Å²) >= 11 is 12.7. The molecule has 0 unspecified atom stereocenters. The zero-order valence-electron chi connectivity index (χ0n) is 35.8. The van der Waals surface area contributed by atoms with Gasteiger partial charge in [-0.1, -0.05) is 56.3 Å². The largest absolute Gasteiger partial charge is 0.403 e. The Kier molecular flexibility index (Phi) is 17.3. The second-order valence-corrected chi connectivity index (χ2v) is 17.9. The number of likely N-dealkylation sites (N-methyl/N-ethyl adjacent to an activating group) is 2. The van der Waals surface area contributed by atoms with Gasteiger partial charge in [0.1, 0.15) is 41.7 Å². The number of likely N-dealkylation sites (tertiary alicyclic amines) is 1. The van der Waals surface area contributed by atoms with Crippen molar-refractivity contribution in [1.29, 1.82) is 0 Å². The molecule has 2 saturated heterocycles. The fourth-order valence-corrected chi connectivity index (χ4v) is 8.93. The molecule has 19 heteroatoms. The maximum Gasteiger partial charge on any atom is 0.403 e. The van der Waals surface area contributed by atoms with E-state index < -0.39 is 89.2 Å². The third-order valence-corrected chi connectivity index (χ3v) is 12.7. The molecule has 4 N–H and O–H groups in total. The Morgan fingerprint density at radius 3 is 2.25 bits per heavy atom. The van der Waals surface area contributed by atoms with Crippen LogP contribution in [0.4, 0.5) is 13.2 Å². The van der Waals surface area contributed by atoms with E-state index in [1.807, 2.05) is 13.8 Å². The number of hydrogen-bond donors (Lipinski definition) is 4. The van der Waals surface area contributed by atoms with E-state index in [1.165, 1.54) is 32.8 Å². The van der Waals surface area contributed by atoms with E-state index in [-0.39, 0.29) is 70.4 Å². The Morgan fingerprint density at radius 1 is 0.934 bits per heavy atom. The molecule has 3 fully saturated rings. The van der Waals surface area contributed by atoms with Crippen molar-refractivity contribution in [2.75, 3.05) is 27.2 Å². The zero-order chi connectivity index (χ0) is 45.4. The number of carbonyl (C=O) groups excluding carboxylic acids is 7. The summed E-state index contributed by atoms with van der Waals surface area (Å²) in [6, 6.07) is -2.26. The average Bonchev–Trinajstić information content (AvgIpc) is 3.70. The maximum absolute atomic E-state index is 14.5. The molecule has 0 bridgehead atoms. The minimum atomic E-state index is -4.79. The third kappa shape index (κ3) is 12.1. The van der Waals surface area contributed by atoms with Gasteiger partial charge in [-0.25, -0.2) is 0 Å². The van der Waals surface area contributed by atoms with Gasteiger partial charge in [0, 0.05) is 43.7 Å². The van der Waals surface area contributed by atoms with Gasteiger partial charge in [0.05, 0.1) is 0 Å². The van der Waals surface area contributed by atoms with Crippen LogP contribution in [0.1, 0.15) is 104 Å². The van der Waals surface area contributed by atoms with Crippen LogP contribution in [-0.4, -0.2) is 126 Å². The molecule has 14 nitrogen and oxygen atoms in total. The summed E-state index contributed by atoms with van der Waals surface area (Å²) in [5.74, 6) is -5.12. The highest BCUT2D eigenvalue weighted by Gasteiger charge is 2.62. The Balaban J connectivity index is 1.58. The predicted molar refractivity (Wildman–Crippen MR) is 223 cm³/mol. The topological polar surface area (TPSA) is 177 Å². The average molecular weight is 903 g/mol. The van der Waals surface area contributed by atoms with Crippen molar-refractivity contribution in [2.45, 2.75) is 147 Å². The van der Waals surface area contributed by atoms with E-state index in [9.17, 15) is 46.7 Å². The number of nitrogens with one attached hydrogen (secondary N) is 4. The summed E-state index contributed by atoms with van der Waals surface area (Å²) in [6.07, 6.45) is -3.08. The number of rotatable bonds is 9. The lowest BCUT2D eigenvalue weighted by atomic mass is 9.72. The zero-order valence-corrected chi connectivity index (χ0v) is 37.3. The van der Waals surface area contributed by atoms with Gasteiger partial charge >= 0.3 is 6.18 Å². The molecule has 4 rings (SSSR count). The lowest BCUT2D eigenvalue weighted by molar-refractivity contribution is -0.236. The number of carbonyl (C=O) groups is 7. The Morgan fingerprint density at radius 2 is 1.61 bits per heavy atom. The molecule has 1 aromatic rings. The van der Waals surface area contributed by atoms with Gasteiger partial charge in [0.15, 0.2) is 0 Å². The lowest BCUT2D eigenvalue weighted by Gasteiger charge is -2.41. The highest BCUT2D eigenvalue weighted by Crippen LogP contribution is 2.51. The van der Waals surface area contributed by atoms with Gasteiger partial charge in [-0.05, 0) is 94.9 Å². The molecule has 2 heterocycles. The molecule has 1 aliphatic carbocycles. The van der Waals surface area contributed by atoms with Gasteiger partial charge in [-0.2, -0.15) is 13.2 Å². The van der Waals surface area contributed by atoms with Crippen molar-refractivity contribution in [3.63, 3.8) is 0 Å². The molecular formula is C42H60Cl2F3N7O7. The van der Waals surface area contributed by atoms with Crippen LogP contribution in [0.5, 0.6) is 0 Å². The Labute approximate surface area is 365 Å². The van der Waals surface area contributed by atoms with Crippen molar-refractivity contribution < 1.29 is 46.7 Å². The lowest BCUT2D eigenvalue weighted by Crippen LogP contribution is -2.60. The summed E-state index contributed by atoms with van der Waals surface area (Å²) in [4.78, 5) is 100.